The van der Waals surface area contributed by atoms with Gasteiger partial charge in [-0.2, -0.15) is 30.2 Å². The molecule has 0 radical (unpaired) electrons. The van der Waals surface area contributed by atoms with E-state index in [4.69, 9.17) is 14.4 Å². The van der Waals surface area contributed by atoms with Gasteiger partial charge in [0.15, 0.2) is 5.69 Å². The lowest BCUT2D eigenvalue weighted by Crippen LogP contribution is -2.66. The third-order valence-electron chi connectivity index (χ3n) is 8.26. The number of carboxylic acid groups (broad SMARTS) is 1. The van der Waals surface area contributed by atoms with E-state index >= 15 is 0 Å². The maximum atomic E-state index is 13.4. The van der Waals surface area contributed by atoms with Crippen LogP contribution < -0.4 is 10.6 Å². The third-order valence-corrected chi connectivity index (χ3v) is 10.3. The molecular weight excluding hydrogens is 531 g/mol. The molecule has 212 valence electrons. The first-order chi connectivity index (χ1) is 17.9. The molecule has 3 atom stereocenters. The maximum absolute atomic E-state index is 13.4. The molecule has 5 aliphatic rings. The van der Waals surface area contributed by atoms with Crippen molar-refractivity contribution < 1.29 is 40.8 Å². The number of rotatable bonds is 5. The highest BCUT2D eigenvalue weighted by molar-refractivity contribution is 7.86. The van der Waals surface area contributed by atoms with E-state index in [0.717, 1.165) is 57.4 Å². The molecule has 1 unspecified atom stereocenters. The summed E-state index contributed by atoms with van der Waals surface area (Å²) in [7, 11) is -3.43. The summed E-state index contributed by atoms with van der Waals surface area (Å²) in [6.45, 7) is 3.28. The molecule has 4 aliphatic heterocycles. The molecule has 1 amide bonds. The Morgan fingerprint density at radius 2 is 1.68 bits per heavy atom. The minimum atomic E-state index is -5.08. The molecule has 5 heterocycles. The Bertz CT molecular complexity index is 1140. The van der Waals surface area contributed by atoms with Crippen molar-refractivity contribution in [1.29, 1.82) is 0 Å². The Balaban J connectivity index is 0.000000374. The van der Waals surface area contributed by atoms with Crippen molar-refractivity contribution in [3.05, 3.63) is 17.5 Å². The third kappa shape index (κ3) is 5.56. The summed E-state index contributed by atoms with van der Waals surface area (Å²) in [5, 5.41) is 17.5. The van der Waals surface area contributed by atoms with Crippen LogP contribution in [0.5, 0.6) is 0 Å². The first-order valence-corrected chi connectivity index (χ1v) is 14.3. The highest BCUT2D eigenvalue weighted by atomic mass is 32.2. The number of piperidine rings is 2. The molecule has 0 aromatic carbocycles. The monoisotopic (exact) mass is 563 g/mol. The van der Waals surface area contributed by atoms with Gasteiger partial charge in [0, 0.05) is 48.6 Å². The van der Waals surface area contributed by atoms with Crippen LogP contribution in [0.25, 0.3) is 0 Å². The number of fused-ring (bicyclic) bond motifs is 2. The number of nitrogens with one attached hydrogen (secondary N) is 2. The zero-order chi connectivity index (χ0) is 27.3. The molecular formula is C23H32F3N5O6S. The molecule has 15 heteroatoms. The van der Waals surface area contributed by atoms with Crippen molar-refractivity contribution in [3.8, 4) is 0 Å². The normalized spacial score (nSPS) is 29.3. The lowest BCUT2D eigenvalue weighted by atomic mass is 9.74. The maximum Gasteiger partial charge on any atom is 0.490 e. The minimum Gasteiger partial charge on any atom is -0.475 e. The summed E-state index contributed by atoms with van der Waals surface area (Å²) in [4.78, 5) is 21.5. The molecule has 1 spiro atoms. The largest absolute Gasteiger partial charge is 0.490 e. The van der Waals surface area contributed by atoms with Crippen LogP contribution in [0.3, 0.4) is 0 Å². The summed E-state index contributed by atoms with van der Waals surface area (Å²) >= 11 is 0. The molecule has 1 aromatic rings. The molecule has 6 rings (SSSR count). The average Bonchev–Trinajstić information content (AvgIpc) is 3.49. The van der Waals surface area contributed by atoms with Gasteiger partial charge >= 0.3 is 12.1 Å². The quantitative estimate of drug-likeness (QED) is 0.492. The molecule has 11 nitrogen and oxygen atoms in total. The van der Waals surface area contributed by atoms with Crippen molar-refractivity contribution in [3.63, 3.8) is 0 Å². The molecule has 5 fully saturated rings. The van der Waals surface area contributed by atoms with Crippen LogP contribution in [0.15, 0.2) is 10.6 Å². The van der Waals surface area contributed by atoms with E-state index in [-0.39, 0.29) is 29.4 Å². The van der Waals surface area contributed by atoms with E-state index in [1.807, 2.05) is 0 Å². The lowest BCUT2D eigenvalue weighted by Gasteiger charge is -2.53. The summed E-state index contributed by atoms with van der Waals surface area (Å²) in [5.41, 5.74) is 0.512. The highest BCUT2D eigenvalue weighted by Crippen LogP contribution is 2.45. The smallest absolute Gasteiger partial charge is 0.475 e. The van der Waals surface area contributed by atoms with Gasteiger partial charge in [0.25, 0.3) is 16.1 Å². The van der Waals surface area contributed by atoms with E-state index in [2.05, 4.69) is 15.8 Å². The SMILES string of the molecule is O=C(NC1C[C@H]2CC[C@@H](C1)N2S(=O)(=O)N1CC2(CCNCC2)C1)c1cc(C2CC2)on1.O=C(O)C(F)(F)F. The Kier molecular flexibility index (Phi) is 7.24. The number of amides is 1. The van der Waals surface area contributed by atoms with Crippen molar-refractivity contribution in [2.45, 2.75) is 81.6 Å². The van der Waals surface area contributed by atoms with Gasteiger partial charge < -0.3 is 20.3 Å². The van der Waals surface area contributed by atoms with Crippen molar-refractivity contribution in [2.24, 2.45) is 5.41 Å². The van der Waals surface area contributed by atoms with E-state index in [0.29, 0.717) is 37.5 Å². The van der Waals surface area contributed by atoms with Crippen molar-refractivity contribution >= 4 is 22.1 Å². The van der Waals surface area contributed by atoms with Crippen LogP contribution in [0, 0.1) is 5.41 Å². The van der Waals surface area contributed by atoms with E-state index in [9.17, 15) is 26.4 Å². The number of hydrogen-bond acceptors (Lipinski definition) is 7. The number of carbonyl (C=O) groups is 2. The summed E-state index contributed by atoms with van der Waals surface area (Å²) in [6, 6.07) is 1.67. The molecule has 2 bridgehead atoms. The lowest BCUT2D eigenvalue weighted by molar-refractivity contribution is -0.192. The van der Waals surface area contributed by atoms with Crippen LogP contribution in [-0.4, -0.2) is 89.6 Å². The summed E-state index contributed by atoms with van der Waals surface area (Å²) in [6.07, 6.45) is 2.30. The topological polar surface area (TPSA) is 145 Å². The Hall–Kier alpha value is -2.23. The van der Waals surface area contributed by atoms with Crippen LogP contribution in [0.4, 0.5) is 13.2 Å². The number of nitrogens with zero attached hydrogens (tertiary/aromatic N) is 3. The van der Waals surface area contributed by atoms with Crippen LogP contribution in [0.1, 0.15) is 73.5 Å². The van der Waals surface area contributed by atoms with E-state index < -0.39 is 22.4 Å². The van der Waals surface area contributed by atoms with Gasteiger partial charge in [-0.05, 0) is 64.5 Å². The number of halogens is 3. The highest BCUT2D eigenvalue weighted by Gasteiger charge is 2.54. The Morgan fingerprint density at radius 3 is 2.21 bits per heavy atom. The van der Waals surface area contributed by atoms with Gasteiger partial charge in [0.2, 0.25) is 0 Å². The molecule has 3 N–H and O–H groups in total. The zero-order valence-corrected chi connectivity index (χ0v) is 21.6. The predicted octanol–water partition coefficient (Wildman–Crippen LogP) is 1.84. The molecule has 1 saturated carbocycles. The fourth-order valence-corrected chi connectivity index (χ4v) is 8.39. The number of aromatic nitrogens is 1. The van der Waals surface area contributed by atoms with Gasteiger partial charge in [-0.3, -0.25) is 4.79 Å². The predicted molar refractivity (Wildman–Crippen MR) is 126 cm³/mol. The van der Waals surface area contributed by atoms with Gasteiger partial charge in [0.05, 0.1) is 0 Å². The first-order valence-electron chi connectivity index (χ1n) is 12.9. The Labute approximate surface area is 218 Å². The van der Waals surface area contributed by atoms with Crippen LogP contribution >= 0.6 is 0 Å². The van der Waals surface area contributed by atoms with Crippen molar-refractivity contribution in [1.82, 2.24) is 24.4 Å². The second kappa shape index (κ2) is 10.1. The second-order valence-corrected chi connectivity index (χ2v) is 12.9. The fourth-order valence-electron chi connectivity index (χ4n) is 6.12. The average molecular weight is 564 g/mol. The molecule has 38 heavy (non-hydrogen) atoms. The second-order valence-electron chi connectivity index (χ2n) is 11.1. The first kappa shape index (κ1) is 27.3. The van der Waals surface area contributed by atoms with Gasteiger partial charge in [-0.25, -0.2) is 4.79 Å². The number of carbonyl (C=O) groups excluding carboxylic acids is 1. The number of aliphatic carboxylic acids is 1. The number of hydrogen-bond donors (Lipinski definition) is 3. The van der Waals surface area contributed by atoms with Gasteiger partial charge in [-0.15, -0.1) is 0 Å². The standard InChI is InChI=1S/C21H31N5O4S.C2HF3O2/c27-20(18-11-19(30-24-18)14-1-2-14)23-15-9-16-3-4-17(10-15)26(16)31(28,29)25-12-21(13-25)5-7-22-8-6-21;3-2(4,5)1(6)7/h11,14-17,22H,1-10,12-13H2,(H,23,27);(H,6,7)/t15?,16-,17+;. The Morgan fingerprint density at radius 1 is 1.11 bits per heavy atom. The summed E-state index contributed by atoms with van der Waals surface area (Å²) in [5.74, 6) is -1.75. The van der Waals surface area contributed by atoms with Crippen LogP contribution in [-0.2, 0) is 15.0 Å². The zero-order valence-electron chi connectivity index (χ0n) is 20.7. The van der Waals surface area contributed by atoms with Gasteiger partial charge in [0.1, 0.15) is 5.76 Å². The van der Waals surface area contributed by atoms with E-state index in [1.165, 1.54) is 0 Å². The molecule has 1 aromatic heterocycles. The minimum absolute atomic E-state index is 0.0234. The van der Waals surface area contributed by atoms with Crippen LogP contribution in [0.2, 0.25) is 0 Å². The number of carboxylic acids is 1. The van der Waals surface area contributed by atoms with E-state index in [1.54, 1.807) is 14.7 Å². The summed E-state index contributed by atoms with van der Waals surface area (Å²) < 4.78 is 67.3. The molecule has 4 saturated heterocycles. The number of alkyl halides is 3. The van der Waals surface area contributed by atoms with Gasteiger partial charge in [-0.1, -0.05) is 5.16 Å². The molecule has 1 aliphatic carbocycles. The fraction of sp³-hybridized carbons (Fsp3) is 0.783. The van der Waals surface area contributed by atoms with Crippen molar-refractivity contribution in [2.75, 3.05) is 26.2 Å².